The van der Waals surface area contributed by atoms with E-state index in [0.717, 1.165) is 31.2 Å². The van der Waals surface area contributed by atoms with Crippen molar-refractivity contribution in [3.63, 3.8) is 0 Å². The van der Waals surface area contributed by atoms with Crippen LogP contribution in [0.3, 0.4) is 0 Å². The Morgan fingerprint density at radius 2 is 1.90 bits per heavy atom. The molecule has 0 bridgehead atoms. The van der Waals surface area contributed by atoms with Gasteiger partial charge in [0.05, 0.1) is 11.2 Å². The molecule has 0 amide bonds. The first-order valence-electron chi connectivity index (χ1n) is 6.81. The molecule has 1 fully saturated rings. The molecule has 0 unspecified atom stereocenters. The van der Waals surface area contributed by atoms with Crippen molar-refractivity contribution in [2.24, 2.45) is 0 Å². The monoisotopic (exact) mass is 291 g/mol. The van der Waals surface area contributed by atoms with Crippen LogP contribution in [0.4, 0.5) is 0 Å². The first-order valence-corrected chi connectivity index (χ1v) is 8.30. The van der Waals surface area contributed by atoms with Crippen LogP contribution in [0.1, 0.15) is 25.7 Å². The van der Waals surface area contributed by atoms with Crippen LogP contribution >= 0.6 is 0 Å². The molecule has 20 heavy (non-hydrogen) atoms. The van der Waals surface area contributed by atoms with Gasteiger partial charge in [0.25, 0.3) is 0 Å². The third-order valence-electron chi connectivity index (χ3n) is 3.63. The maximum absolute atomic E-state index is 12.4. The van der Waals surface area contributed by atoms with Gasteiger partial charge in [0, 0.05) is 11.6 Å². The van der Waals surface area contributed by atoms with Gasteiger partial charge in [-0.1, -0.05) is 25.0 Å². The number of sulfonamides is 1. The summed E-state index contributed by atoms with van der Waals surface area (Å²) in [5.74, 6) is 0.669. The fourth-order valence-electron chi connectivity index (χ4n) is 2.59. The van der Waals surface area contributed by atoms with E-state index < -0.39 is 10.0 Å². The van der Waals surface area contributed by atoms with E-state index >= 15 is 0 Å². The molecule has 0 aliphatic heterocycles. The van der Waals surface area contributed by atoms with Crippen molar-refractivity contribution in [2.45, 2.75) is 36.6 Å². The number of nitrogens with one attached hydrogen (secondary N) is 1. The number of benzene rings is 1. The Labute approximate surface area is 118 Å². The molecule has 1 heterocycles. The minimum atomic E-state index is -3.45. The summed E-state index contributed by atoms with van der Waals surface area (Å²) in [5.41, 5.74) is 0.768. The largest absolute Gasteiger partial charge is 0.464 e. The second-order valence-corrected chi connectivity index (χ2v) is 6.82. The van der Waals surface area contributed by atoms with E-state index in [2.05, 4.69) is 4.72 Å². The highest BCUT2D eigenvalue weighted by Gasteiger charge is 2.23. The van der Waals surface area contributed by atoms with Crippen LogP contribution in [0, 0.1) is 0 Å². The molecule has 1 aromatic heterocycles. The summed E-state index contributed by atoms with van der Waals surface area (Å²) in [6.45, 7) is 0. The quantitative estimate of drug-likeness (QED) is 0.941. The predicted octanol–water partition coefficient (Wildman–Crippen LogP) is 3.17. The van der Waals surface area contributed by atoms with E-state index in [4.69, 9.17) is 4.42 Å². The lowest BCUT2D eigenvalue weighted by Gasteiger charge is -2.12. The normalized spacial score (nSPS) is 16.6. The van der Waals surface area contributed by atoms with Gasteiger partial charge in [0.2, 0.25) is 10.0 Å². The number of hydrogen-bond donors (Lipinski definition) is 1. The summed E-state index contributed by atoms with van der Waals surface area (Å²) in [4.78, 5) is 0.290. The van der Waals surface area contributed by atoms with Gasteiger partial charge >= 0.3 is 0 Å². The van der Waals surface area contributed by atoms with E-state index in [1.807, 2.05) is 12.1 Å². The van der Waals surface area contributed by atoms with Crippen molar-refractivity contribution in [3.05, 3.63) is 42.7 Å². The first-order chi connectivity index (χ1) is 9.65. The molecule has 0 spiro atoms. The van der Waals surface area contributed by atoms with Crippen molar-refractivity contribution in [2.75, 3.05) is 0 Å². The molecule has 1 aromatic carbocycles. The molecule has 5 heteroatoms. The molecule has 0 saturated heterocycles. The Kier molecular flexibility index (Phi) is 3.63. The maximum atomic E-state index is 12.4. The molecule has 0 radical (unpaired) electrons. The minimum absolute atomic E-state index is 0.0762. The predicted molar refractivity (Wildman–Crippen MR) is 76.7 cm³/mol. The minimum Gasteiger partial charge on any atom is -0.464 e. The number of furan rings is 1. The van der Waals surface area contributed by atoms with Gasteiger partial charge in [0.15, 0.2) is 0 Å². The maximum Gasteiger partial charge on any atom is 0.240 e. The fourth-order valence-corrected chi connectivity index (χ4v) is 3.94. The number of hydrogen-bond acceptors (Lipinski definition) is 3. The Balaban J connectivity index is 1.87. The summed E-state index contributed by atoms with van der Waals surface area (Å²) in [5, 5.41) is 0. The zero-order chi connectivity index (χ0) is 14.0. The van der Waals surface area contributed by atoms with Gasteiger partial charge in [-0.25, -0.2) is 13.1 Å². The highest BCUT2D eigenvalue weighted by molar-refractivity contribution is 7.89. The molecule has 0 atom stereocenters. The van der Waals surface area contributed by atoms with Gasteiger partial charge in [-0.15, -0.1) is 0 Å². The summed E-state index contributed by atoms with van der Waals surface area (Å²) in [6.07, 6.45) is 5.63. The third kappa shape index (κ3) is 2.78. The molecule has 3 rings (SSSR count). The zero-order valence-corrected chi connectivity index (χ0v) is 11.9. The second kappa shape index (κ2) is 5.42. The lowest BCUT2D eigenvalue weighted by molar-refractivity contribution is 0.552. The highest BCUT2D eigenvalue weighted by Crippen LogP contribution is 2.24. The van der Waals surface area contributed by atoms with Crippen molar-refractivity contribution in [3.8, 4) is 11.3 Å². The molecule has 1 aliphatic rings. The van der Waals surface area contributed by atoms with Crippen LogP contribution in [-0.2, 0) is 10.0 Å². The van der Waals surface area contributed by atoms with Crippen molar-refractivity contribution >= 4 is 10.0 Å². The molecular formula is C15H17NO3S. The lowest BCUT2D eigenvalue weighted by Crippen LogP contribution is -2.32. The van der Waals surface area contributed by atoms with Gasteiger partial charge in [-0.2, -0.15) is 0 Å². The Bertz CT molecular complexity index is 671. The SMILES string of the molecule is O=S(=O)(NC1CCCC1)c1cccc(-c2ccco2)c1. The standard InChI is InChI=1S/C15H17NO3S/c17-20(18,16-13-6-1-2-7-13)14-8-3-5-12(11-14)15-9-4-10-19-15/h3-5,8-11,13,16H,1-2,6-7H2. The Hall–Kier alpha value is -1.59. The van der Waals surface area contributed by atoms with Crippen LogP contribution in [-0.4, -0.2) is 14.5 Å². The molecule has 1 saturated carbocycles. The third-order valence-corrected chi connectivity index (χ3v) is 5.15. The van der Waals surface area contributed by atoms with E-state index in [1.54, 1.807) is 30.5 Å². The molecule has 1 N–H and O–H groups in total. The lowest BCUT2D eigenvalue weighted by atomic mass is 10.2. The first kappa shape index (κ1) is 13.4. The zero-order valence-electron chi connectivity index (χ0n) is 11.1. The van der Waals surface area contributed by atoms with Crippen molar-refractivity contribution in [1.29, 1.82) is 0 Å². The summed E-state index contributed by atoms with van der Waals surface area (Å²) in [7, 11) is -3.45. The van der Waals surface area contributed by atoms with Crippen LogP contribution in [0.5, 0.6) is 0 Å². The smallest absolute Gasteiger partial charge is 0.240 e. The molecule has 2 aromatic rings. The van der Waals surface area contributed by atoms with E-state index in [-0.39, 0.29) is 6.04 Å². The number of rotatable bonds is 4. The van der Waals surface area contributed by atoms with Crippen LogP contribution in [0.2, 0.25) is 0 Å². The highest BCUT2D eigenvalue weighted by atomic mass is 32.2. The van der Waals surface area contributed by atoms with Gasteiger partial charge in [-0.05, 0) is 37.1 Å². The summed E-state index contributed by atoms with van der Waals surface area (Å²) < 4.78 is 32.8. The average molecular weight is 291 g/mol. The van der Waals surface area contributed by atoms with E-state index in [1.165, 1.54) is 0 Å². The van der Waals surface area contributed by atoms with E-state index in [9.17, 15) is 8.42 Å². The molecule has 1 aliphatic carbocycles. The van der Waals surface area contributed by atoms with Gasteiger partial charge < -0.3 is 4.42 Å². The summed E-state index contributed by atoms with van der Waals surface area (Å²) in [6, 6.07) is 10.5. The van der Waals surface area contributed by atoms with Gasteiger partial charge in [0.1, 0.15) is 5.76 Å². The van der Waals surface area contributed by atoms with Crippen molar-refractivity contribution in [1.82, 2.24) is 4.72 Å². The Morgan fingerprint density at radius 1 is 1.10 bits per heavy atom. The van der Waals surface area contributed by atoms with Crippen LogP contribution in [0.15, 0.2) is 52.0 Å². The molecule has 106 valence electrons. The van der Waals surface area contributed by atoms with Gasteiger partial charge in [-0.3, -0.25) is 0 Å². The average Bonchev–Trinajstić information content (AvgIpc) is 3.11. The van der Waals surface area contributed by atoms with Crippen molar-refractivity contribution < 1.29 is 12.8 Å². The molecule has 4 nitrogen and oxygen atoms in total. The van der Waals surface area contributed by atoms with E-state index in [0.29, 0.717) is 10.7 Å². The van der Waals surface area contributed by atoms with Crippen LogP contribution < -0.4 is 4.72 Å². The fraction of sp³-hybridized carbons (Fsp3) is 0.333. The molecular weight excluding hydrogens is 274 g/mol. The van der Waals surface area contributed by atoms with Crippen LogP contribution in [0.25, 0.3) is 11.3 Å². The topological polar surface area (TPSA) is 59.3 Å². The summed E-state index contributed by atoms with van der Waals surface area (Å²) >= 11 is 0. The Morgan fingerprint density at radius 3 is 2.60 bits per heavy atom. The second-order valence-electron chi connectivity index (χ2n) is 5.11.